The molecule has 3 rings (SSSR count). The number of carbonyl (C=O) groups is 4. The second-order valence-electron chi connectivity index (χ2n) is 6.67. The largest absolute Gasteiger partial charge is 0.465 e. The number of methoxy groups -OCH3 is 2. The first-order valence-electron chi connectivity index (χ1n) is 10.1. The Hall–Kier alpha value is -4.53. The molecule has 0 saturated heterocycles. The highest BCUT2D eigenvalue weighted by Gasteiger charge is 2.44. The molecule has 0 aliphatic carbocycles. The average Bonchev–Trinajstić information content (AvgIpc) is 2.83. The molecule has 0 bridgehead atoms. The quantitative estimate of drug-likeness (QED) is 0.296. The van der Waals surface area contributed by atoms with E-state index in [1.807, 2.05) is 6.07 Å². The average molecular weight is 468 g/mol. The minimum atomic E-state index is -1.68. The third-order valence-electron chi connectivity index (χ3n) is 4.83. The highest BCUT2D eigenvalue weighted by molar-refractivity contribution is 6.51. The summed E-state index contributed by atoms with van der Waals surface area (Å²) < 4.78 is 19.6. The molecule has 0 aromatic heterocycles. The van der Waals surface area contributed by atoms with Gasteiger partial charge in [-0.2, -0.15) is 5.26 Å². The van der Waals surface area contributed by atoms with Crippen LogP contribution in [0.5, 0.6) is 0 Å². The smallest absolute Gasteiger partial charge is 0.357 e. The maximum atomic E-state index is 12.7. The van der Waals surface area contributed by atoms with Gasteiger partial charge in [-0.3, -0.25) is 14.5 Å². The van der Waals surface area contributed by atoms with E-state index in [1.54, 1.807) is 13.8 Å². The number of esters is 4. The zero-order valence-corrected chi connectivity index (χ0v) is 18.8. The Labute approximate surface area is 194 Å². The molecule has 176 valence electrons. The first kappa shape index (κ1) is 24.1. The predicted molar refractivity (Wildman–Crippen MR) is 114 cm³/mol. The number of aliphatic imine (C=N–C) groups is 2. The standard InChI is InChI=1S/C22H20N4O8/c1-5-33-19(28)15(20(29)34-6-2)16-11(10-23)12-8-7-9-13-14(18(27)31-3)17(21(30)32-4)25-22(24-16)26(12)13/h7-9,15H,5-6H2,1-4H3. The fraction of sp³-hybridized carbons (Fsp3) is 0.318. The van der Waals surface area contributed by atoms with E-state index in [0.717, 1.165) is 14.2 Å². The summed E-state index contributed by atoms with van der Waals surface area (Å²) in [6.45, 7) is 3.06. The van der Waals surface area contributed by atoms with Crippen molar-refractivity contribution in [2.45, 2.75) is 13.8 Å². The number of rotatable bonds is 7. The third-order valence-corrected chi connectivity index (χ3v) is 4.83. The fourth-order valence-corrected chi connectivity index (χ4v) is 3.45. The Balaban J connectivity index is 2.31. The zero-order valence-electron chi connectivity index (χ0n) is 18.8. The Morgan fingerprint density at radius 2 is 1.65 bits per heavy atom. The second-order valence-corrected chi connectivity index (χ2v) is 6.67. The van der Waals surface area contributed by atoms with Crippen LogP contribution in [0.25, 0.3) is 0 Å². The highest BCUT2D eigenvalue weighted by atomic mass is 16.6. The van der Waals surface area contributed by atoms with Crippen molar-refractivity contribution in [3.63, 3.8) is 0 Å². The van der Waals surface area contributed by atoms with Crippen molar-refractivity contribution in [2.24, 2.45) is 15.9 Å². The number of carbonyl (C=O) groups excluding carboxylic acids is 4. The first-order chi connectivity index (χ1) is 16.3. The first-order valence-corrected chi connectivity index (χ1v) is 10.1. The molecule has 0 atom stereocenters. The van der Waals surface area contributed by atoms with Gasteiger partial charge in [-0.05, 0) is 26.0 Å². The van der Waals surface area contributed by atoms with Crippen LogP contribution in [0, 0.1) is 17.2 Å². The van der Waals surface area contributed by atoms with Crippen LogP contribution in [-0.4, -0.2) is 67.9 Å². The van der Waals surface area contributed by atoms with E-state index in [9.17, 15) is 24.4 Å². The molecule has 3 heterocycles. The van der Waals surface area contributed by atoms with Gasteiger partial charge in [0.15, 0.2) is 11.6 Å². The lowest BCUT2D eigenvalue weighted by atomic mass is 9.93. The van der Waals surface area contributed by atoms with Gasteiger partial charge in [-0.25, -0.2) is 19.6 Å². The summed E-state index contributed by atoms with van der Waals surface area (Å²) in [6, 6.07) is 1.95. The molecule has 0 N–H and O–H groups in total. The Kier molecular flexibility index (Phi) is 7.06. The molecule has 0 aromatic rings. The minimum absolute atomic E-state index is 0.0297. The predicted octanol–water partition coefficient (Wildman–Crippen LogP) is 0.686. The molecule has 0 fully saturated rings. The monoisotopic (exact) mass is 468 g/mol. The molecule has 12 heteroatoms. The van der Waals surface area contributed by atoms with Crippen LogP contribution in [-0.2, 0) is 38.1 Å². The summed E-state index contributed by atoms with van der Waals surface area (Å²) in [5.74, 6) is -5.59. The van der Waals surface area contributed by atoms with E-state index in [-0.39, 0.29) is 47.4 Å². The Morgan fingerprint density at radius 3 is 2.18 bits per heavy atom. The summed E-state index contributed by atoms with van der Waals surface area (Å²) in [5.41, 5.74) is -0.683. The summed E-state index contributed by atoms with van der Waals surface area (Å²) in [4.78, 5) is 60.1. The van der Waals surface area contributed by atoms with Crippen molar-refractivity contribution in [1.29, 1.82) is 5.26 Å². The lowest BCUT2D eigenvalue weighted by Gasteiger charge is -2.36. The molecule has 0 saturated carbocycles. The van der Waals surface area contributed by atoms with Gasteiger partial charge in [0.25, 0.3) is 0 Å². The topological polar surface area (TPSA) is 157 Å². The van der Waals surface area contributed by atoms with Crippen molar-refractivity contribution >= 4 is 35.5 Å². The van der Waals surface area contributed by atoms with Gasteiger partial charge in [0, 0.05) is 0 Å². The van der Waals surface area contributed by atoms with Crippen LogP contribution in [0.3, 0.4) is 0 Å². The number of nitriles is 1. The van der Waals surface area contributed by atoms with Crippen LogP contribution < -0.4 is 0 Å². The second kappa shape index (κ2) is 9.95. The van der Waals surface area contributed by atoms with Crippen molar-refractivity contribution in [1.82, 2.24) is 4.90 Å². The molecule has 12 nitrogen and oxygen atoms in total. The molecule has 3 aliphatic rings. The van der Waals surface area contributed by atoms with Gasteiger partial charge < -0.3 is 18.9 Å². The number of ether oxygens (including phenoxy) is 4. The Bertz CT molecular complexity index is 1180. The van der Waals surface area contributed by atoms with Gasteiger partial charge in [-0.15, -0.1) is 0 Å². The number of allylic oxidation sites excluding steroid dienone is 4. The molecular weight excluding hydrogens is 448 g/mol. The molecule has 0 radical (unpaired) electrons. The van der Waals surface area contributed by atoms with Crippen LogP contribution in [0.2, 0.25) is 0 Å². The van der Waals surface area contributed by atoms with Crippen molar-refractivity contribution in [3.05, 3.63) is 46.5 Å². The lowest BCUT2D eigenvalue weighted by Crippen LogP contribution is -2.43. The lowest BCUT2D eigenvalue weighted by molar-refractivity contribution is -0.159. The van der Waals surface area contributed by atoms with Crippen LogP contribution in [0.4, 0.5) is 0 Å². The normalized spacial score (nSPS) is 16.1. The van der Waals surface area contributed by atoms with Gasteiger partial charge in [0.05, 0.1) is 50.1 Å². The number of hydrogen-bond acceptors (Lipinski definition) is 12. The number of nitrogens with zero attached hydrogens (tertiary/aromatic N) is 4. The maximum absolute atomic E-state index is 12.7. The molecule has 3 aliphatic heterocycles. The molecular formula is C22H20N4O8. The van der Waals surface area contributed by atoms with Gasteiger partial charge in [0.2, 0.25) is 5.96 Å². The van der Waals surface area contributed by atoms with Crippen molar-refractivity contribution < 1.29 is 38.1 Å². The van der Waals surface area contributed by atoms with Gasteiger partial charge >= 0.3 is 23.9 Å². The molecule has 0 unspecified atom stereocenters. The SMILES string of the molecule is CCOC(=O)C(C(=O)OCC)C1=C(C#N)C2=CC=CC3=C(C(=O)OC)C(C(=O)OC)=NC(=N1)N23. The summed E-state index contributed by atoms with van der Waals surface area (Å²) in [6.07, 6.45) is 4.53. The molecule has 0 amide bonds. The zero-order chi connectivity index (χ0) is 25.0. The van der Waals surface area contributed by atoms with E-state index in [0.29, 0.717) is 0 Å². The molecule has 34 heavy (non-hydrogen) atoms. The van der Waals surface area contributed by atoms with Crippen LogP contribution >= 0.6 is 0 Å². The van der Waals surface area contributed by atoms with Crippen molar-refractivity contribution in [2.75, 3.05) is 27.4 Å². The van der Waals surface area contributed by atoms with Crippen molar-refractivity contribution in [3.8, 4) is 6.07 Å². The molecule has 0 aromatic carbocycles. The molecule has 0 spiro atoms. The van der Waals surface area contributed by atoms with E-state index >= 15 is 0 Å². The van der Waals surface area contributed by atoms with Crippen LogP contribution in [0.1, 0.15) is 13.8 Å². The van der Waals surface area contributed by atoms with E-state index in [2.05, 4.69) is 9.98 Å². The third kappa shape index (κ3) is 3.99. The Morgan fingerprint density at radius 1 is 1.03 bits per heavy atom. The van der Waals surface area contributed by atoms with E-state index < -0.39 is 35.5 Å². The van der Waals surface area contributed by atoms with E-state index in [4.69, 9.17) is 18.9 Å². The van der Waals surface area contributed by atoms with Gasteiger partial charge in [-0.1, -0.05) is 6.08 Å². The summed E-state index contributed by atoms with van der Waals surface area (Å²) >= 11 is 0. The van der Waals surface area contributed by atoms with Crippen LogP contribution in [0.15, 0.2) is 56.5 Å². The summed E-state index contributed by atoms with van der Waals surface area (Å²) in [5, 5.41) is 9.94. The van der Waals surface area contributed by atoms with Gasteiger partial charge in [0.1, 0.15) is 11.6 Å². The minimum Gasteiger partial charge on any atom is -0.465 e. The highest BCUT2D eigenvalue weighted by Crippen LogP contribution is 2.39. The number of hydrogen-bond donors (Lipinski definition) is 0. The fourth-order valence-electron chi connectivity index (χ4n) is 3.45. The summed E-state index contributed by atoms with van der Waals surface area (Å²) in [7, 11) is 2.24. The van der Waals surface area contributed by atoms with E-state index in [1.165, 1.54) is 23.1 Å². The number of guanidine groups is 1. The maximum Gasteiger partial charge on any atom is 0.357 e.